The van der Waals surface area contributed by atoms with Crippen LogP contribution in [0.1, 0.15) is 59.8 Å². The molecule has 0 aliphatic rings. The fraction of sp³-hybridized carbons (Fsp3) is 0.871. The minimum absolute atomic E-state index is 0.113. The smallest absolute Gasteiger partial charge is 0.236 e. The lowest BCUT2D eigenvalue weighted by Gasteiger charge is -2.27. The van der Waals surface area contributed by atoms with E-state index in [9.17, 15) is 19.2 Å². The Hall–Kier alpha value is -2.28. The Morgan fingerprint density at radius 3 is 0.814 bits per heavy atom. The Balaban J connectivity index is 0. The number of hydrogen-bond donors (Lipinski definition) is 0. The molecule has 0 spiro atoms. The lowest BCUT2D eigenvalue weighted by Crippen LogP contribution is -2.44. The van der Waals surface area contributed by atoms with Gasteiger partial charge in [0.25, 0.3) is 0 Å². The Morgan fingerprint density at radius 1 is 0.372 bits per heavy atom. The third-order valence-corrected chi connectivity index (χ3v) is 6.81. The van der Waals surface area contributed by atoms with Gasteiger partial charge in [-0.15, -0.1) is 0 Å². The van der Waals surface area contributed by atoms with Crippen LogP contribution in [0.3, 0.4) is 0 Å². The molecule has 0 saturated carbocycles. The maximum absolute atomic E-state index is 12.0. The highest BCUT2D eigenvalue weighted by Crippen LogP contribution is 1.98. The third kappa shape index (κ3) is 22.0. The molecule has 12 heteroatoms. The zero-order chi connectivity index (χ0) is 33.5. The number of carbonyl (C=O) groups excluding carboxylic acids is 4. The van der Waals surface area contributed by atoms with Crippen LogP contribution in [0.15, 0.2) is 0 Å². The Kier molecular flexibility index (Phi) is 25.0. The van der Waals surface area contributed by atoms with Gasteiger partial charge in [-0.05, 0) is 53.9 Å². The van der Waals surface area contributed by atoms with Crippen molar-refractivity contribution in [2.24, 2.45) is 0 Å². The molecule has 43 heavy (non-hydrogen) atoms. The van der Waals surface area contributed by atoms with Crippen LogP contribution in [0.5, 0.6) is 0 Å². The van der Waals surface area contributed by atoms with E-state index >= 15 is 0 Å². The number of rotatable bonds is 21. The minimum Gasteiger partial charge on any atom is -0.345 e. The molecule has 0 aliphatic heterocycles. The maximum atomic E-state index is 12.0. The first kappa shape index (κ1) is 42.9. The highest BCUT2D eigenvalue weighted by molar-refractivity contribution is 5.79. The average molecular weight is 615 g/mol. The molecule has 0 radical (unpaired) electrons. The Morgan fingerprint density at radius 2 is 0.605 bits per heavy atom. The van der Waals surface area contributed by atoms with Crippen molar-refractivity contribution in [1.29, 1.82) is 0 Å². The lowest BCUT2D eigenvalue weighted by atomic mass is 10.3. The standard InChI is InChI=1S/C16H34N4O2.C15H32N4O2/c1-7-9-11-20(6)16(22)13-18(4)14-17(3)12-15(21)19(5)10-8-2;1-7-9-18(5)14(20)11-16(3)13-17(4)12-15(21)19(6)10-8-2/h7-14H2,1-6H3;7-13H2,1-6H3. The Labute approximate surface area is 263 Å². The number of unbranched alkanes of at least 4 members (excludes halogenated alkanes) is 1. The van der Waals surface area contributed by atoms with Crippen LogP contribution in [0, 0.1) is 0 Å². The highest BCUT2D eigenvalue weighted by Gasteiger charge is 2.17. The normalized spacial score (nSPS) is 11.1. The molecule has 0 bridgehead atoms. The van der Waals surface area contributed by atoms with Crippen molar-refractivity contribution in [2.45, 2.75) is 59.8 Å². The molecule has 0 aromatic rings. The zero-order valence-corrected chi connectivity index (χ0v) is 29.8. The van der Waals surface area contributed by atoms with Gasteiger partial charge >= 0.3 is 0 Å². The van der Waals surface area contributed by atoms with Gasteiger partial charge in [0, 0.05) is 54.4 Å². The molecule has 0 aromatic heterocycles. The molecule has 0 saturated heterocycles. The van der Waals surface area contributed by atoms with Crippen LogP contribution in [-0.4, -0.2) is 185 Å². The predicted molar refractivity (Wildman–Crippen MR) is 177 cm³/mol. The first-order valence-corrected chi connectivity index (χ1v) is 15.8. The average Bonchev–Trinajstić information content (AvgIpc) is 2.91. The summed E-state index contributed by atoms with van der Waals surface area (Å²) < 4.78 is 0. The molecule has 0 aliphatic carbocycles. The molecular formula is C31H66N8O4. The first-order chi connectivity index (χ1) is 20.1. The second kappa shape index (κ2) is 25.1. The molecule has 0 N–H and O–H groups in total. The summed E-state index contributed by atoms with van der Waals surface area (Å²) in [6.07, 6.45) is 5.01. The number of amides is 4. The van der Waals surface area contributed by atoms with Crippen molar-refractivity contribution in [3.05, 3.63) is 0 Å². The molecule has 254 valence electrons. The van der Waals surface area contributed by atoms with Crippen LogP contribution in [0.25, 0.3) is 0 Å². The molecule has 0 unspecified atom stereocenters. The molecule has 4 amide bonds. The van der Waals surface area contributed by atoms with Gasteiger partial charge in [-0.25, -0.2) is 0 Å². The van der Waals surface area contributed by atoms with Crippen LogP contribution >= 0.6 is 0 Å². The van der Waals surface area contributed by atoms with E-state index in [1.54, 1.807) is 19.6 Å². The molecule has 12 nitrogen and oxygen atoms in total. The van der Waals surface area contributed by atoms with Gasteiger partial charge in [0.15, 0.2) is 0 Å². The fourth-order valence-corrected chi connectivity index (χ4v) is 4.33. The van der Waals surface area contributed by atoms with E-state index in [1.807, 2.05) is 76.0 Å². The van der Waals surface area contributed by atoms with Crippen molar-refractivity contribution >= 4 is 23.6 Å². The van der Waals surface area contributed by atoms with E-state index in [1.165, 1.54) is 0 Å². The second-order valence-corrected chi connectivity index (χ2v) is 12.0. The number of likely N-dealkylation sites (N-methyl/N-ethyl adjacent to an activating group) is 8. The molecule has 0 heterocycles. The highest BCUT2D eigenvalue weighted by atomic mass is 16.2. The van der Waals surface area contributed by atoms with Crippen LogP contribution < -0.4 is 0 Å². The van der Waals surface area contributed by atoms with Crippen molar-refractivity contribution in [1.82, 2.24) is 39.2 Å². The predicted octanol–water partition coefficient (Wildman–Crippen LogP) is 1.48. The fourth-order valence-electron chi connectivity index (χ4n) is 4.33. The van der Waals surface area contributed by atoms with Gasteiger partial charge in [0.05, 0.1) is 39.5 Å². The molecular weight excluding hydrogens is 548 g/mol. The summed E-state index contributed by atoms with van der Waals surface area (Å²) in [5, 5.41) is 0. The summed E-state index contributed by atoms with van der Waals surface area (Å²) in [6.45, 7) is 14.1. The Bertz CT molecular complexity index is 755. The second-order valence-electron chi connectivity index (χ2n) is 12.0. The summed E-state index contributed by atoms with van der Waals surface area (Å²) >= 11 is 0. The van der Waals surface area contributed by atoms with Crippen LogP contribution in [0.4, 0.5) is 0 Å². The molecule has 0 rings (SSSR count). The first-order valence-electron chi connectivity index (χ1n) is 15.8. The zero-order valence-electron chi connectivity index (χ0n) is 29.8. The van der Waals surface area contributed by atoms with Gasteiger partial charge in [-0.3, -0.25) is 38.8 Å². The van der Waals surface area contributed by atoms with Crippen molar-refractivity contribution in [3.8, 4) is 0 Å². The summed E-state index contributed by atoms with van der Waals surface area (Å²) in [4.78, 5) is 62.6. The maximum Gasteiger partial charge on any atom is 0.236 e. The quantitative estimate of drug-likeness (QED) is 0.180. The van der Waals surface area contributed by atoms with E-state index in [-0.39, 0.29) is 23.6 Å². The van der Waals surface area contributed by atoms with E-state index in [0.717, 1.165) is 58.3 Å². The van der Waals surface area contributed by atoms with Gasteiger partial charge in [0.2, 0.25) is 23.6 Å². The van der Waals surface area contributed by atoms with Crippen molar-refractivity contribution in [2.75, 3.05) is 122 Å². The van der Waals surface area contributed by atoms with E-state index in [0.29, 0.717) is 39.5 Å². The van der Waals surface area contributed by atoms with Crippen LogP contribution in [-0.2, 0) is 19.2 Å². The van der Waals surface area contributed by atoms with E-state index in [2.05, 4.69) is 27.7 Å². The molecule has 0 fully saturated rings. The topological polar surface area (TPSA) is 94.2 Å². The van der Waals surface area contributed by atoms with Crippen LogP contribution in [0.2, 0.25) is 0 Å². The largest absolute Gasteiger partial charge is 0.345 e. The van der Waals surface area contributed by atoms with Crippen molar-refractivity contribution in [3.63, 3.8) is 0 Å². The minimum atomic E-state index is 0.113. The molecule has 0 atom stereocenters. The summed E-state index contributed by atoms with van der Waals surface area (Å²) in [5.74, 6) is 0.465. The van der Waals surface area contributed by atoms with E-state index in [4.69, 9.17) is 0 Å². The monoisotopic (exact) mass is 615 g/mol. The van der Waals surface area contributed by atoms with Gasteiger partial charge in [-0.1, -0.05) is 34.1 Å². The van der Waals surface area contributed by atoms with E-state index < -0.39 is 0 Å². The van der Waals surface area contributed by atoms with Gasteiger partial charge in [-0.2, -0.15) is 0 Å². The lowest BCUT2D eigenvalue weighted by molar-refractivity contribution is -0.133. The number of carbonyl (C=O) groups is 4. The van der Waals surface area contributed by atoms with Crippen molar-refractivity contribution < 1.29 is 19.2 Å². The summed E-state index contributed by atoms with van der Waals surface area (Å²) in [7, 11) is 14.9. The SMILES string of the molecule is CCCCN(C)C(=O)CN(C)CN(C)CC(=O)N(C)CCC.CCCN(C)C(=O)CN(C)CN(C)CC(=O)N(C)CCC. The summed E-state index contributed by atoms with van der Waals surface area (Å²) in [5.41, 5.74) is 0. The molecule has 0 aromatic carbocycles. The van der Waals surface area contributed by atoms with Gasteiger partial charge < -0.3 is 19.6 Å². The number of hydrogen-bond acceptors (Lipinski definition) is 8. The summed E-state index contributed by atoms with van der Waals surface area (Å²) in [6, 6.07) is 0. The third-order valence-electron chi connectivity index (χ3n) is 6.81. The number of nitrogens with zero attached hydrogens (tertiary/aromatic N) is 8. The van der Waals surface area contributed by atoms with Gasteiger partial charge in [0.1, 0.15) is 0 Å².